The Morgan fingerprint density at radius 3 is 2.45 bits per heavy atom. The lowest BCUT2D eigenvalue weighted by molar-refractivity contribution is 0.0732. The van der Waals surface area contributed by atoms with E-state index in [1.165, 1.54) is 0 Å². The quantitative estimate of drug-likeness (QED) is 0.898. The molecule has 22 heavy (non-hydrogen) atoms. The van der Waals surface area contributed by atoms with Crippen LogP contribution in [0.3, 0.4) is 0 Å². The Bertz CT molecular complexity index is 689. The zero-order valence-corrected chi connectivity index (χ0v) is 13.2. The van der Waals surface area contributed by atoms with E-state index in [-0.39, 0.29) is 11.7 Å². The molecule has 0 spiro atoms. The van der Waals surface area contributed by atoms with Crippen LogP contribution in [0.1, 0.15) is 43.5 Å². The molecule has 116 valence electrons. The van der Waals surface area contributed by atoms with E-state index >= 15 is 0 Å². The maximum Gasteiger partial charge on any atom is 0.257 e. The molecule has 1 N–H and O–H groups in total. The van der Waals surface area contributed by atoms with Crippen LogP contribution in [0.4, 0.5) is 0 Å². The van der Waals surface area contributed by atoms with Gasteiger partial charge in [0.05, 0.1) is 5.56 Å². The Labute approximate surface area is 131 Å². The summed E-state index contributed by atoms with van der Waals surface area (Å²) in [6.45, 7) is 5.11. The summed E-state index contributed by atoms with van der Waals surface area (Å²) in [7, 11) is 0. The van der Waals surface area contributed by atoms with Crippen molar-refractivity contribution in [2.24, 2.45) is 5.92 Å². The average molecular weight is 297 g/mol. The van der Waals surface area contributed by atoms with Crippen LogP contribution in [0.15, 0.2) is 36.4 Å². The van der Waals surface area contributed by atoms with E-state index in [1.54, 1.807) is 6.07 Å². The molecular weight excluding hydrogens is 274 g/mol. The highest BCUT2D eigenvalue weighted by molar-refractivity contribution is 6.01. The molecule has 0 heterocycles. The first-order chi connectivity index (χ1) is 10.6. The molecule has 1 fully saturated rings. The molecule has 2 aromatic carbocycles. The largest absolute Gasteiger partial charge is 0.507 e. The summed E-state index contributed by atoms with van der Waals surface area (Å²) in [6.07, 6.45) is 3.16. The van der Waals surface area contributed by atoms with Gasteiger partial charge >= 0.3 is 0 Å². The third kappa shape index (κ3) is 3.08. The molecule has 1 saturated carbocycles. The van der Waals surface area contributed by atoms with Gasteiger partial charge in [-0.1, -0.05) is 38.1 Å². The van der Waals surface area contributed by atoms with Gasteiger partial charge < -0.3 is 10.0 Å². The number of carbonyl (C=O) groups excluding carboxylic acids is 1. The summed E-state index contributed by atoms with van der Waals surface area (Å²) >= 11 is 0. The number of fused-ring (bicyclic) bond motifs is 1. The predicted molar refractivity (Wildman–Crippen MR) is 89.1 cm³/mol. The number of rotatable bonds is 5. The standard InChI is InChI=1S/C19H23NO2/c1-13(2)9-10-20(16-7-8-16)19(22)17-11-14-5-3-4-6-15(14)12-18(17)21/h3-6,11-13,16,21H,7-10H2,1-2H3. The number of carbonyl (C=O) groups is 1. The Morgan fingerprint density at radius 2 is 1.86 bits per heavy atom. The van der Waals surface area contributed by atoms with Crippen LogP contribution >= 0.6 is 0 Å². The fraction of sp³-hybridized carbons (Fsp3) is 0.421. The van der Waals surface area contributed by atoms with Gasteiger partial charge in [0, 0.05) is 12.6 Å². The molecule has 0 radical (unpaired) electrons. The molecule has 0 saturated heterocycles. The van der Waals surface area contributed by atoms with Crippen LogP contribution in [0.5, 0.6) is 5.75 Å². The average Bonchev–Trinajstić information content (AvgIpc) is 3.31. The van der Waals surface area contributed by atoms with Gasteiger partial charge in [-0.15, -0.1) is 0 Å². The molecule has 3 heteroatoms. The fourth-order valence-corrected chi connectivity index (χ4v) is 2.79. The van der Waals surface area contributed by atoms with Gasteiger partial charge in [-0.25, -0.2) is 0 Å². The summed E-state index contributed by atoms with van der Waals surface area (Å²) in [6, 6.07) is 11.7. The summed E-state index contributed by atoms with van der Waals surface area (Å²) in [5, 5.41) is 12.2. The van der Waals surface area contributed by atoms with Crippen molar-refractivity contribution in [3.63, 3.8) is 0 Å². The second kappa shape index (κ2) is 5.99. The van der Waals surface area contributed by atoms with Gasteiger partial charge in [-0.2, -0.15) is 0 Å². The van der Waals surface area contributed by atoms with Gasteiger partial charge in [-0.3, -0.25) is 4.79 Å². The van der Waals surface area contributed by atoms with Crippen LogP contribution in [-0.2, 0) is 0 Å². The molecule has 3 rings (SSSR count). The number of phenols is 1. The number of benzene rings is 2. The van der Waals surface area contributed by atoms with E-state index in [9.17, 15) is 9.90 Å². The summed E-state index contributed by atoms with van der Waals surface area (Å²) in [4.78, 5) is 14.8. The molecule has 3 nitrogen and oxygen atoms in total. The van der Waals surface area contributed by atoms with Crippen LogP contribution in [0.2, 0.25) is 0 Å². The highest BCUT2D eigenvalue weighted by Crippen LogP contribution is 2.32. The molecule has 1 aliphatic carbocycles. The van der Waals surface area contributed by atoms with Crippen molar-refractivity contribution < 1.29 is 9.90 Å². The summed E-state index contributed by atoms with van der Waals surface area (Å²) in [5.41, 5.74) is 0.425. The maximum atomic E-state index is 12.9. The topological polar surface area (TPSA) is 40.5 Å². The third-order valence-corrected chi connectivity index (χ3v) is 4.29. The monoisotopic (exact) mass is 297 g/mol. The molecule has 1 amide bonds. The van der Waals surface area contributed by atoms with Crippen molar-refractivity contribution in [3.05, 3.63) is 42.0 Å². The fourth-order valence-electron chi connectivity index (χ4n) is 2.79. The van der Waals surface area contributed by atoms with Crippen LogP contribution in [0.25, 0.3) is 10.8 Å². The van der Waals surface area contributed by atoms with E-state index in [0.29, 0.717) is 17.5 Å². The number of hydrogen-bond donors (Lipinski definition) is 1. The summed E-state index contributed by atoms with van der Waals surface area (Å²) in [5.74, 6) is 0.615. The first kappa shape index (κ1) is 14.9. The van der Waals surface area contributed by atoms with Crippen molar-refractivity contribution in [2.45, 2.75) is 39.2 Å². The van der Waals surface area contributed by atoms with E-state index in [0.717, 1.165) is 36.6 Å². The van der Waals surface area contributed by atoms with Crippen molar-refractivity contribution in [3.8, 4) is 5.75 Å². The predicted octanol–water partition coefficient (Wildman–Crippen LogP) is 4.20. The second-order valence-electron chi connectivity index (χ2n) is 6.63. The normalized spacial score (nSPS) is 14.5. The maximum absolute atomic E-state index is 12.9. The van der Waals surface area contributed by atoms with E-state index in [4.69, 9.17) is 0 Å². The molecule has 0 aliphatic heterocycles. The molecule has 0 unspecified atom stereocenters. The summed E-state index contributed by atoms with van der Waals surface area (Å²) < 4.78 is 0. The van der Waals surface area contributed by atoms with Crippen molar-refractivity contribution in [2.75, 3.05) is 6.54 Å². The van der Waals surface area contributed by atoms with E-state index < -0.39 is 0 Å². The number of aromatic hydroxyl groups is 1. The van der Waals surface area contributed by atoms with Gasteiger partial charge in [0.15, 0.2) is 0 Å². The highest BCUT2D eigenvalue weighted by Gasteiger charge is 2.33. The molecular formula is C19H23NO2. The van der Waals surface area contributed by atoms with Gasteiger partial charge in [-0.05, 0) is 48.1 Å². The van der Waals surface area contributed by atoms with Gasteiger partial charge in [0.25, 0.3) is 5.91 Å². The Kier molecular flexibility index (Phi) is 4.06. The number of phenolic OH excluding ortho intramolecular Hbond substituents is 1. The Hall–Kier alpha value is -2.03. The minimum Gasteiger partial charge on any atom is -0.507 e. The van der Waals surface area contributed by atoms with Crippen molar-refractivity contribution in [1.29, 1.82) is 0 Å². The van der Waals surface area contributed by atoms with Gasteiger partial charge in [0.2, 0.25) is 0 Å². The minimum atomic E-state index is -0.0357. The highest BCUT2D eigenvalue weighted by atomic mass is 16.3. The van der Waals surface area contributed by atoms with Crippen LogP contribution in [0, 0.1) is 5.92 Å². The number of nitrogens with zero attached hydrogens (tertiary/aromatic N) is 1. The van der Waals surface area contributed by atoms with E-state index in [1.807, 2.05) is 35.2 Å². The van der Waals surface area contributed by atoms with Gasteiger partial charge in [0.1, 0.15) is 5.75 Å². The Balaban J connectivity index is 1.90. The Morgan fingerprint density at radius 1 is 1.23 bits per heavy atom. The lowest BCUT2D eigenvalue weighted by atomic mass is 10.0. The minimum absolute atomic E-state index is 0.0357. The first-order valence-electron chi connectivity index (χ1n) is 8.09. The molecule has 0 bridgehead atoms. The zero-order chi connectivity index (χ0) is 15.7. The number of hydrogen-bond acceptors (Lipinski definition) is 2. The molecule has 0 atom stereocenters. The number of amides is 1. The molecule has 2 aromatic rings. The van der Waals surface area contributed by atoms with Crippen molar-refractivity contribution in [1.82, 2.24) is 4.90 Å². The lowest BCUT2D eigenvalue weighted by Gasteiger charge is -2.24. The van der Waals surface area contributed by atoms with Crippen LogP contribution < -0.4 is 0 Å². The van der Waals surface area contributed by atoms with Crippen LogP contribution in [-0.4, -0.2) is 28.5 Å². The zero-order valence-electron chi connectivity index (χ0n) is 13.2. The van der Waals surface area contributed by atoms with Crippen molar-refractivity contribution >= 4 is 16.7 Å². The molecule has 1 aliphatic rings. The third-order valence-electron chi connectivity index (χ3n) is 4.29. The van der Waals surface area contributed by atoms with E-state index in [2.05, 4.69) is 13.8 Å². The SMILES string of the molecule is CC(C)CCN(C(=O)c1cc2ccccc2cc1O)C1CC1. The molecule has 0 aromatic heterocycles. The smallest absolute Gasteiger partial charge is 0.257 e. The second-order valence-corrected chi connectivity index (χ2v) is 6.63. The first-order valence-corrected chi connectivity index (χ1v) is 8.09. The lowest BCUT2D eigenvalue weighted by Crippen LogP contribution is -2.34.